The summed E-state index contributed by atoms with van der Waals surface area (Å²) in [6, 6.07) is 6.43. The van der Waals surface area contributed by atoms with E-state index in [0.29, 0.717) is 38.2 Å². The van der Waals surface area contributed by atoms with Gasteiger partial charge in [0.2, 0.25) is 5.91 Å². The molecule has 1 unspecified atom stereocenters. The number of halogens is 1. The van der Waals surface area contributed by atoms with E-state index in [9.17, 15) is 4.79 Å². The van der Waals surface area contributed by atoms with Crippen LogP contribution >= 0.6 is 24.0 Å². The van der Waals surface area contributed by atoms with Gasteiger partial charge in [-0.25, -0.2) is 0 Å². The first-order valence-corrected chi connectivity index (χ1v) is 10.2. The molecule has 1 fully saturated rings. The van der Waals surface area contributed by atoms with Crippen LogP contribution in [-0.4, -0.2) is 44.7 Å². The standard InChI is InChI=1S/C21H34N4O3.HI/c1-5-27-18-12-9-16(14-19(18)28-6-2)15(3)24-21(22-4)23-13-7-8-20(26)25-17-10-11-17;/h9,12,14-15,17H,5-8,10-11,13H2,1-4H3,(H,25,26)(H2,22,23,24);1H. The average molecular weight is 518 g/mol. The summed E-state index contributed by atoms with van der Waals surface area (Å²) >= 11 is 0. The minimum Gasteiger partial charge on any atom is -0.490 e. The number of nitrogens with zero attached hydrogens (tertiary/aromatic N) is 1. The van der Waals surface area contributed by atoms with Crippen molar-refractivity contribution in [1.29, 1.82) is 0 Å². The highest BCUT2D eigenvalue weighted by molar-refractivity contribution is 14.0. The lowest BCUT2D eigenvalue weighted by atomic mass is 10.1. The van der Waals surface area contributed by atoms with Gasteiger partial charge < -0.3 is 25.4 Å². The van der Waals surface area contributed by atoms with Crippen molar-refractivity contribution in [3.63, 3.8) is 0 Å². The number of guanidine groups is 1. The van der Waals surface area contributed by atoms with E-state index < -0.39 is 0 Å². The molecule has 29 heavy (non-hydrogen) atoms. The maximum absolute atomic E-state index is 11.7. The second kappa shape index (κ2) is 13.5. The quantitative estimate of drug-likeness (QED) is 0.181. The van der Waals surface area contributed by atoms with Crippen molar-refractivity contribution in [3.05, 3.63) is 23.8 Å². The molecule has 0 spiro atoms. The highest BCUT2D eigenvalue weighted by atomic mass is 127. The number of carbonyl (C=O) groups excluding carboxylic acids is 1. The number of amides is 1. The second-order valence-corrected chi connectivity index (χ2v) is 6.88. The largest absolute Gasteiger partial charge is 0.490 e. The van der Waals surface area contributed by atoms with Crippen LogP contribution in [0.4, 0.5) is 0 Å². The molecular weight excluding hydrogens is 483 g/mol. The van der Waals surface area contributed by atoms with Gasteiger partial charge in [-0.3, -0.25) is 9.79 Å². The molecule has 2 rings (SSSR count). The maximum atomic E-state index is 11.7. The van der Waals surface area contributed by atoms with Crippen molar-refractivity contribution >= 4 is 35.8 Å². The Morgan fingerprint density at radius 2 is 1.90 bits per heavy atom. The Labute approximate surface area is 191 Å². The molecule has 1 saturated carbocycles. The van der Waals surface area contributed by atoms with E-state index in [0.717, 1.165) is 36.3 Å². The third-order valence-corrected chi connectivity index (χ3v) is 4.46. The molecule has 7 nitrogen and oxygen atoms in total. The molecule has 1 atom stereocenters. The first kappa shape index (κ1) is 25.3. The lowest BCUT2D eigenvalue weighted by molar-refractivity contribution is -0.121. The van der Waals surface area contributed by atoms with Crippen molar-refractivity contribution < 1.29 is 14.3 Å². The van der Waals surface area contributed by atoms with Gasteiger partial charge >= 0.3 is 0 Å². The number of aliphatic imine (C=N–C) groups is 1. The van der Waals surface area contributed by atoms with Gasteiger partial charge in [0.25, 0.3) is 0 Å². The highest BCUT2D eigenvalue weighted by Gasteiger charge is 2.22. The molecule has 0 heterocycles. The molecular formula is C21H35IN4O3. The van der Waals surface area contributed by atoms with Crippen LogP contribution in [0.2, 0.25) is 0 Å². The number of rotatable bonds is 11. The van der Waals surface area contributed by atoms with E-state index in [4.69, 9.17) is 9.47 Å². The fourth-order valence-electron chi connectivity index (χ4n) is 2.80. The van der Waals surface area contributed by atoms with Crippen LogP contribution in [0.5, 0.6) is 11.5 Å². The average Bonchev–Trinajstić information content (AvgIpc) is 3.49. The molecule has 1 aromatic rings. The molecule has 0 saturated heterocycles. The van der Waals surface area contributed by atoms with Crippen LogP contribution in [0, 0.1) is 0 Å². The highest BCUT2D eigenvalue weighted by Crippen LogP contribution is 2.30. The Balaban J connectivity index is 0.00000420. The Morgan fingerprint density at radius 1 is 1.21 bits per heavy atom. The van der Waals surface area contributed by atoms with Gasteiger partial charge in [0.15, 0.2) is 17.5 Å². The SMILES string of the molecule is CCOc1ccc(C(C)NC(=NC)NCCCC(=O)NC2CC2)cc1OCC.I. The molecule has 3 N–H and O–H groups in total. The molecule has 1 aromatic carbocycles. The molecule has 164 valence electrons. The van der Waals surface area contributed by atoms with Gasteiger partial charge in [-0.05, 0) is 57.7 Å². The number of nitrogens with one attached hydrogen (secondary N) is 3. The Hall–Kier alpha value is -1.71. The summed E-state index contributed by atoms with van der Waals surface area (Å²) in [6.07, 6.45) is 3.54. The van der Waals surface area contributed by atoms with E-state index >= 15 is 0 Å². The van der Waals surface area contributed by atoms with E-state index in [1.165, 1.54) is 0 Å². The predicted octanol–water partition coefficient (Wildman–Crippen LogP) is 3.39. The molecule has 8 heteroatoms. The predicted molar refractivity (Wildman–Crippen MR) is 128 cm³/mol. The van der Waals surface area contributed by atoms with E-state index in [1.54, 1.807) is 7.05 Å². The van der Waals surface area contributed by atoms with Crippen LogP contribution in [0.25, 0.3) is 0 Å². The number of hydrogen-bond donors (Lipinski definition) is 3. The zero-order valence-corrected chi connectivity index (χ0v) is 20.2. The van der Waals surface area contributed by atoms with E-state index in [-0.39, 0.29) is 35.9 Å². The molecule has 0 aromatic heterocycles. The molecule has 1 aliphatic rings. The van der Waals surface area contributed by atoms with Crippen molar-refractivity contribution in [2.75, 3.05) is 26.8 Å². The minimum atomic E-state index is 0. The van der Waals surface area contributed by atoms with Gasteiger partial charge in [-0.15, -0.1) is 24.0 Å². The topological polar surface area (TPSA) is 84.0 Å². The monoisotopic (exact) mass is 518 g/mol. The fourth-order valence-corrected chi connectivity index (χ4v) is 2.80. The Kier molecular flexibility index (Phi) is 11.8. The second-order valence-electron chi connectivity index (χ2n) is 6.88. The molecule has 0 aliphatic heterocycles. The van der Waals surface area contributed by atoms with Gasteiger partial charge in [-0.2, -0.15) is 0 Å². The molecule has 0 bridgehead atoms. The van der Waals surface area contributed by atoms with Crippen LogP contribution < -0.4 is 25.4 Å². The summed E-state index contributed by atoms with van der Waals surface area (Å²) in [6.45, 7) is 7.87. The van der Waals surface area contributed by atoms with E-state index in [2.05, 4.69) is 27.9 Å². The molecule has 1 amide bonds. The fraction of sp³-hybridized carbons (Fsp3) is 0.619. The van der Waals surface area contributed by atoms with Crippen molar-refractivity contribution in [3.8, 4) is 11.5 Å². The maximum Gasteiger partial charge on any atom is 0.220 e. The molecule has 0 radical (unpaired) electrons. The van der Waals surface area contributed by atoms with Crippen LogP contribution in [-0.2, 0) is 4.79 Å². The van der Waals surface area contributed by atoms with Crippen molar-refractivity contribution in [2.45, 2.75) is 58.5 Å². The van der Waals surface area contributed by atoms with Crippen LogP contribution in [0.15, 0.2) is 23.2 Å². The summed E-state index contributed by atoms with van der Waals surface area (Å²) in [5, 5.41) is 9.65. The van der Waals surface area contributed by atoms with Gasteiger partial charge in [0.1, 0.15) is 0 Å². The summed E-state index contributed by atoms with van der Waals surface area (Å²) in [4.78, 5) is 16.0. The molecule has 1 aliphatic carbocycles. The van der Waals surface area contributed by atoms with Gasteiger partial charge in [0, 0.05) is 26.1 Å². The first-order chi connectivity index (χ1) is 13.6. The van der Waals surface area contributed by atoms with E-state index in [1.807, 2.05) is 32.0 Å². The third kappa shape index (κ3) is 9.10. The van der Waals surface area contributed by atoms with Gasteiger partial charge in [-0.1, -0.05) is 6.07 Å². The van der Waals surface area contributed by atoms with Gasteiger partial charge in [0.05, 0.1) is 19.3 Å². The summed E-state index contributed by atoms with van der Waals surface area (Å²) in [5.41, 5.74) is 1.08. The lowest BCUT2D eigenvalue weighted by Gasteiger charge is -2.20. The number of benzene rings is 1. The normalized spacial score (nSPS) is 14.4. The number of carbonyl (C=O) groups is 1. The lowest BCUT2D eigenvalue weighted by Crippen LogP contribution is -2.39. The van der Waals surface area contributed by atoms with Crippen LogP contribution in [0.3, 0.4) is 0 Å². The minimum absolute atomic E-state index is 0. The zero-order valence-electron chi connectivity index (χ0n) is 17.9. The summed E-state index contributed by atoms with van der Waals surface area (Å²) < 4.78 is 11.3. The zero-order chi connectivity index (χ0) is 20.4. The first-order valence-electron chi connectivity index (χ1n) is 10.2. The Bertz CT molecular complexity index is 665. The number of hydrogen-bond acceptors (Lipinski definition) is 4. The summed E-state index contributed by atoms with van der Waals surface area (Å²) in [5.74, 6) is 2.35. The van der Waals surface area contributed by atoms with Crippen molar-refractivity contribution in [1.82, 2.24) is 16.0 Å². The smallest absolute Gasteiger partial charge is 0.220 e. The van der Waals surface area contributed by atoms with Crippen molar-refractivity contribution in [2.24, 2.45) is 4.99 Å². The number of ether oxygens (including phenoxy) is 2. The van der Waals surface area contributed by atoms with Crippen LogP contribution in [0.1, 0.15) is 58.1 Å². The third-order valence-electron chi connectivity index (χ3n) is 4.46. The Morgan fingerprint density at radius 3 is 2.52 bits per heavy atom. The summed E-state index contributed by atoms with van der Waals surface area (Å²) in [7, 11) is 1.74.